The van der Waals surface area contributed by atoms with Gasteiger partial charge in [0.2, 0.25) is 0 Å². The number of hydrogen-bond donors (Lipinski definition) is 2. The van der Waals surface area contributed by atoms with Gasteiger partial charge < -0.3 is 4.74 Å². The van der Waals surface area contributed by atoms with Crippen molar-refractivity contribution in [3.63, 3.8) is 0 Å². The number of thiol groups is 2. The van der Waals surface area contributed by atoms with Crippen molar-refractivity contribution < 1.29 is 9.53 Å². The summed E-state index contributed by atoms with van der Waals surface area (Å²) in [5, 5.41) is 0. The minimum absolute atomic E-state index is 0.0738. The smallest absolute Gasteiger partial charge is 0.311 e. The highest BCUT2D eigenvalue weighted by atomic mass is 32.2. The first kappa shape index (κ1) is 16.2. The Morgan fingerprint density at radius 2 is 1.94 bits per heavy atom. The summed E-state index contributed by atoms with van der Waals surface area (Å²) < 4.78 is 4.79. The second kappa shape index (κ2) is 8.29. The first-order chi connectivity index (χ1) is 7.46. The van der Waals surface area contributed by atoms with E-state index in [0.717, 1.165) is 12.8 Å². The van der Waals surface area contributed by atoms with E-state index in [4.69, 9.17) is 4.74 Å². The fourth-order valence-electron chi connectivity index (χ4n) is 1.88. The molecule has 4 heteroatoms. The van der Waals surface area contributed by atoms with Gasteiger partial charge >= 0.3 is 5.97 Å². The summed E-state index contributed by atoms with van der Waals surface area (Å²) in [6.45, 7) is 4.13. The van der Waals surface area contributed by atoms with Gasteiger partial charge in [-0.3, -0.25) is 4.79 Å². The highest BCUT2D eigenvalue weighted by molar-refractivity contribution is 7.99. The van der Waals surface area contributed by atoms with Crippen LogP contribution in [0, 0.1) is 5.41 Å². The third-order valence-electron chi connectivity index (χ3n) is 2.89. The summed E-state index contributed by atoms with van der Waals surface area (Å²) in [5.41, 5.74) is -0.434. The largest absolute Gasteiger partial charge is 0.469 e. The monoisotopic (exact) mass is 264 g/mol. The maximum Gasteiger partial charge on any atom is 0.311 e. The van der Waals surface area contributed by atoms with Gasteiger partial charge in [-0.25, -0.2) is 0 Å². The molecule has 0 rings (SSSR count). The van der Waals surface area contributed by atoms with Gasteiger partial charge in [-0.15, -0.1) is 0 Å². The molecule has 1 unspecified atom stereocenters. The van der Waals surface area contributed by atoms with Gasteiger partial charge in [0, 0.05) is 4.58 Å². The second-order valence-electron chi connectivity index (χ2n) is 4.55. The van der Waals surface area contributed by atoms with E-state index in [9.17, 15) is 4.79 Å². The van der Waals surface area contributed by atoms with Crippen molar-refractivity contribution in [2.45, 2.75) is 57.0 Å². The highest BCUT2D eigenvalue weighted by Gasteiger charge is 2.34. The van der Waals surface area contributed by atoms with Crippen LogP contribution in [0.2, 0.25) is 0 Å². The number of hydrogen-bond acceptors (Lipinski definition) is 4. The maximum atomic E-state index is 11.7. The van der Waals surface area contributed by atoms with Crippen LogP contribution in [-0.2, 0) is 9.53 Å². The Morgan fingerprint density at radius 3 is 2.38 bits per heavy atom. The lowest BCUT2D eigenvalue weighted by atomic mass is 9.82. The molecule has 2 nitrogen and oxygen atoms in total. The molecule has 0 saturated carbocycles. The van der Waals surface area contributed by atoms with E-state index >= 15 is 0 Å². The Morgan fingerprint density at radius 1 is 1.31 bits per heavy atom. The lowest BCUT2D eigenvalue weighted by Gasteiger charge is -2.27. The van der Waals surface area contributed by atoms with Crippen molar-refractivity contribution in [1.82, 2.24) is 0 Å². The number of unbranched alkanes of at least 4 members (excludes halogenated alkanes) is 3. The number of esters is 1. The topological polar surface area (TPSA) is 26.3 Å². The first-order valence-corrected chi connectivity index (χ1v) is 6.94. The summed E-state index contributed by atoms with van der Waals surface area (Å²) in [7, 11) is 1.44. The number of rotatable bonds is 8. The molecule has 0 amide bonds. The highest BCUT2D eigenvalue weighted by Crippen LogP contribution is 2.34. The summed E-state index contributed by atoms with van der Waals surface area (Å²) in [6, 6.07) is 0. The number of methoxy groups -OCH3 is 1. The molecule has 0 aromatic rings. The molecule has 0 aromatic carbocycles. The van der Waals surface area contributed by atoms with Crippen LogP contribution in [0.1, 0.15) is 52.4 Å². The zero-order valence-corrected chi connectivity index (χ0v) is 12.3. The molecule has 16 heavy (non-hydrogen) atoms. The van der Waals surface area contributed by atoms with Crippen LogP contribution in [0.15, 0.2) is 0 Å². The molecular weight excluding hydrogens is 240 g/mol. The fourth-order valence-corrected chi connectivity index (χ4v) is 2.68. The molecule has 0 saturated heterocycles. The average Bonchev–Trinajstić information content (AvgIpc) is 2.22. The van der Waals surface area contributed by atoms with Crippen LogP contribution in [0.3, 0.4) is 0 Å². The summed E-state index contributed by atoms with van der Waals surface area (Å²) in [5.74, 6) is -0.142. The van der Waals surface area contributed by atoms with Crippen molar-refractivity contribution in [2.24, 2.45) is 5.41 Å². The van der Waals surface area contributed by atoms with Crippen LogP contribution in [0.25, 0.3) is 0 Å². The molecule has 0 aromatic heterocycles. The van der Waals surface area contributed by atoms with Crippen LogP contribution in [0.4, 0.5) is 0 Å². The molecule has 0 N–H and O–H groups in total. The van der Waals surface area contributed by atoms with Crippen molar-refractivity contribution in [1.29, 1.82) is 0 Å². The molecule has 0 aliphatic heterocycles. The maximum absolute atomic E-state index is 11.7. The predicted molar refractivity (Wildman–Crippen MR) is 75.3 cm³/mol. The number of ether oxygens (including phenoxy) is 1. The molecular formula is C12H24O2S2. The zero-order valence-electron chi connectivity index (χ0n) is 10.5. The third-order valence-corrected chi connectivity index (χ3v) is 3.26. The summed E-state index contributed by atoms with van der Waals surface area (Å²) in [6.07, 6.45) is 6.18. The Balaban J connectivity index is 4.25. The number of carbonyl (C=O) groups excluding carboxylic acids is 1. The molecule has 0 spiro atoms. The molecule has 0 fully saturated rings. The van der Waals surface area contributed by atoms with Crippen molar-refractivity contribution in [3.8, 4) is 0 Å². The van der Waals surface area contributed by atoms with E-state index in [0.29, 0.717) is 6.42 Å². The van der Waals surface area contributed by atoms with Gasteiger partial charge in [-0.1, -0.05) is 32.6 Å². The predicted octanol–water partition coefficient (Wildman–Crippen LogP) is 3.71. The third kappa shape index (κ3) is 6.04. The van der Waals surface area contributed by atoms with Gasteiger partial charge in [0.1, 0.15) is 0 Å². The van der Waals surface area contributed by atoms with Gasteiger partial charge in [0.25, 0.3) is 0 Å². The Labute approximate surface area is 110 Å². The zero-order chi connectivity index (χ0) is 12.6. The summed E-state index contributed by atoms with van der Waals surface area (Å²) >= 11 is 8.49. The molecule has 0 radical (unpaired) electrons. The van der Waals surface area contributed by atoms with Gasteiger partial charge in [-0.05, 0) is 19.8 Å². The van der Waals surface area contributed by atoms with Crippen LogP contribution in [0.5, 0.6) is 0 Å². The van der Waals surface area contributed by atoms with Gasteiger partial charge in [0.05, 0.1) is 12.5 Å². The van der Waals surface area contributed by atoms with Crippen molar-refractivity contribution >= 4 is 31.2 Å². The summed E-state index contributed by atoms with van der Waals surface area (Å²) in [4.78, 5) is 11.7. The average molecular weight is 264 g/mol. The van der Waals surface area contributed by atoms with E-state index < -0.39 is 5.41 Å². The molecule has 0 aliphatic rings. The minimum Gasteiger partial charge on any atom is -0.469 e. The van der Waals surface area contributed by atoms with Crippen LogP contribution in [-0.4, -0.2) is 17.7 Å². The fraction of sp³-hybridized carbons (Fsp3) is 0.917. The minimum atomic E-state index is -0.434. The molecule has 1 atom stereocenters. The van der Waals surface area contributed by atoms with E-state index in [2.05, 4.69) is 32.2 Å². The van der Waals surface area contributed by atoms with Crippen molar-refractivity contribution in [3.05, 3.63) is 0 Å². The first-order valence-electron chi connectivity index (χ1n) is 5.91. The van der Waals surface area contributed by atoms with Crippen molar-refractivity contribution in [2.75, 3.05) is 7.11 Å². The van der Waals surface area contributed by atoms with Gasteiger partial charge in [0.15, 0.2) is 0 Å². The Hall–Kier alpha value is 0.170. The SMILES string of the molecule is CCCCCCC(C)(CC(S)S)C(=O)OC. The molecule has 0 heterocycles. The van der Waals surface area contributed by atoms with E-state index in [1.165, 1.54) is 26.4 Å². The normalized spacial score (nSPS) is 14.9. The lowest BCUT2D eigenvalue weighted by molar-refractivity contribution is -0.152. The van der Waals surface area contributed by atoms with E-state index in [-0.39, 0.29) is 10.6 Å². The lowest BCUT2D eigenvalue weighted by Crippen LogP contribution is -2.31. The van der Waals surface area contributed by atoms with Gasteiger partial charge in [-0.2, -0.15) is 25.3 Å². The van der Waals surface area contributed by atoms with Crippen LogP contribution < -0.4 is 0 Å². The Bertz CT molecular complexity index is 207. The van der Waals surface area contributed by atoms with Crippen LogP contribution >= 0.6 is 25.3 Å². The second-order valence-corrected chi connectivity index (χ2v) is 6.20. The molecule has 0 aliphatic carbocycles. The van der Waals surface area contributed by atoms with E-state index in [1.807, 2.05) is 6.92 Å². The Kier molecular flexibility index (Phi) is 8.38. The molecule has 96 valence electrons. The molecule has 0 bridgehead atoms. The quantitative estimate of drug-likeness (QED) is 0.302. The standard InChI is InChI=1S/C12H24O2S2/c1-4-5-6-7-8-12(2,9-10(15)16)11(13)14-3/h10,15-16H,4-9H2,1-3H3. The number of carbonyl (C=O) groups is 1. The van der Waals surface area contributed by atoms with E-state index in [1.54, 1.807) is 0 Å².